The van der Waals surface area contributed by atoms with Crippen LogP contribution in [0.25, 0.3) is 0 Å². The molecule has 78 valence electrons. The van der Waals surface area contributed by atoms with Gasteiger partial charge in [-0.2, -0.15) is 0 Å². The minimum Gasteiger partial charge on any atom is -0.321 e. The van der Waals surface area contributed by atoms with E-state index in [1.807, 2.05) is 6.20 Å². The zero-order valence-corrected chi connectivity index (χ0v) is 9.52. The maximum atomic E-state index is 6.46. The monoisotopic (exact) mass is 210 g/mol. The van der Waals surface area contributed by atoms with Gasteiger partial charge in [0.2, 0.25) is 0 Å². The Bertz CT molecular complexity index is 283. The van der Waals surface area contributed by atoms with Crippen LogP contribution in [-0.4, -0.2) is 4.37 Å². The maximum Gasteiger partial charge on any atom is 0.0519 e. The molecule has 2 rings (SSSR count). The van der Waals surface area contributed by atoms with E-state index in [1.165, 1.54) is 24.1 Å². The SMILES string of the molecule is CC1CCCC(N)(c2ccns2)CC1. The van der Waals surface area contributed by atoms with Crippen molar-refractivity contribution in [2.75, 3.05) is 0 Å². The van der Waals surface area contributed by atoms with Crippen LogP contribution in [0.1, 0.15) is 43.9 Å². The van der Waals surface area contributed by atoms with E-state index in [0.717, 1.165) is 18.8 Å². The first-order valence-electron chi connectivity index (χ1n) is 5.41. The smallest absolute Gasteiger partial charge is 0.0519 e. The predicted molar refractivity (Wildman–Crippen MR) is 60.2 cm³/mol. The summed E-state index contributed by atoms with van der Waals surface area (Å²) in [5.74, 6) is 0.841. The number of aromatic nitrogens is 1. The Morgan fingerprint density at radius 3 is 3.07 bits per heavy atom. The molecule has 2 nitrogen and oxygen atoms in total. The summed E-state index contributed by atoms with van der Waals surface area (Å²) in [5.41, 5.74) is 6.38. The lowest BCUT2D eigenvalue weighted by Crippen LogP contribution is -2.35. The van der Waals surface area contributed by atoms with E-state index >= 15 is 0 Å². The first-order valence-corrected chi connectivity index (χ1v) is 6.18. The van der Waals surface area contributed by atoms with Gasteiger partial charge in [-0.15, -0.1) is 0 Å². The van der Waals surface area contributed by atoms with Gasteiger partial charge in [-0.1, -0.05) is 19.8 Å². The van der Waals surface area contributed by atoms with E-state index in [9.17, 15) is 0 Å². The molecule has 1 aliphatic rings. The molecule has 1 aliphatic carbocycles. The molecule has 1 aromatic rings. The Morgan fingerprint density at radius 1 is 1.50 bits per heavy atom. The van der Waals surface area contributed by atoms with Gasteiger partial charge in [-0.3, -0.25) is 0 Å². The standard InChI is InChI=1S/C11H18N2S/c1-9-3-2-6-11(12,7-4-9)10-5-8-13-14-10/h5,8-9H,2-4,6-7,12H2,1H3. The minimum absolute atomic E-state index is 0.0775. The lowest BCUT2D eigenvalue weighted by Gasteiger charge is -2.26. The van der Waals surface area contributed by atoms with E-state index in [1.54, 1.807) is 11.5 Å². The summed E-state index contributed by atoms with van der Waals surface area (Å²) in [6.45, 7) is 2.33. The molecule has 1 aromatic heterocycles. The van der Waals surface area contributed by atoms with Gasteiger partial charge in [-0.25, -0.2) is 4.37 Å². The van der Waals surface area contributed by atoms with E-state index in [4.69, 9.17) is 5.73 Å². The summed E-state index contributed by atoms with van der Waals surface area (Å²) in [6, 6.07) is 2.08. The van der Waals surface area contributed by atoms with Crippen molar-refractivity contribution in [3.63, 3.8) is 0 Å². The van der Waals surface area contributed by atoms with Crippen LogP contribution >= 0.6 is 11.5 Å². The highest BCUT2D eigenvalue weighted by Gasteiger charge is 2.31. The van der Waals surface area contributed by atoms with Gasteiger partial charge < -0.3 is 5.73 Å². The largest absolute Gasteiger partial charge is 0.321 e. The molecule has 0 aliphatic heterocycles. The number of rotatable bonds is 1. The van der Waals surface area contributed by atoms with Gasteiger partial charge in [0.1, 0.15) is 0 Å². The zero-order valence-electron chi connectivity index (χ0n) is 8.70. The molecular weight excluding hydrogens is 192 g/mol. The van der Waals surface area contributed by atoms with Crippen LogP contribution in [0.5, 0.6) is 0 Å². The lowest BCUT2D eigenvalue weighted by atomic mass is 9.89. The van der Waals surface area contributed by atoms with Crippen molar-refractivity contribution in [2.24, 2.45) is 11.7 Å². The van der Waals surface area contributed by atoms with E-state index in [2.05, 4.69) is 17.4 Å². The molecule has 2 N–H and O–H groups in total. The van der Waals surface area contributed by atoms with Crippen LogP contribution in [-0.2, 0) is 5.54 Å². The third-order valence-corrected chi connectivity index (χ3v) is 4.30. The molecule has 0 spiro atoms. The maximum absolute atomic E-state index is 6.46. The molecule has 0 aromatic carbocycles. The molecule has 0 saturated heterocycles. The third-order valence-electron chi connectivity index (χ3n) is 3.33. The van der Waals surface area contributed by atoms with Gasteiger partial charge in [-0.05, 0) is 42.8 Å². The van der Waals surface area contributed by atoms with Crippen LogP contribution < -0.4 is 5.73 Å². The molecule has 3 heteroatoms. The first-order chi connectivity index (χ1) is 6.71. The molecular formula is C11H18N2S. The molecule has 2 unspecified atom stereocenters. The van der Waals surface area contributed by atoms with Crippen molar-refractivity contribution >= 4 is 11.5 Å². The van der Waals surface area contributed by atoms with Crippen LogP contribution in [0.4, 0.5) is 0 Å². The Hall–Kier alpha value is -0.410. The summed E-state index contributed by atoms with van der Waals surface area (Å²) >= 11 is 1.56. The second-order valence-corrected chi connectivity index (χ2v) is 5.40. The Labute approximate surface area is 89.7 Å². The summed E-state index contributed by atoms with van der Waals surface area (Å²) in [6.07, 6.45) is 7.96. The van der Waals surface area contributed by atoms with Crippen LogP contribution in [0.15, 0.2) is 12.3 Å². The molecule has 2 atom stereocenters. The second kappa shape index (κ2) is 3.99. The van der Waals surface area contributed by atoms with Gasteiger partial charge in [0.25, 0.3) is 0 Å². The molecule has 1 heterocycles. The molecule has 14 heavy (non-hydrogen) atoms. The van der Waals surface area contributed by atoms with Crippen molar-refractivity contribution in [3.8, 4) is 0 Å². The van der Waals surface area contributed by atoms with Gasteiger partial charge >= 0.3 is 0 Å². The molecule has 0 bridgehead atoms. The predicted octanol–water partition coefficient (Wildman–Crippen LogP) is 2.90. The van der Waals surface area contributed by atoms with Crippen LogP contribution in [0, 0.1) is 5.92 Å². The highest BCUT2D eigenvalue weighted by atomic mass is 32.1. The van der Waals surface area contributed by atoms with Gasteiger partial charge in [0.15, 0.2) is 0 Å². The van der Waals surface area contributed by atoms with Crippen molar-refractivity contribution in [2.45, 2.75) is 44.6 Å². The summed E-state index contributed by atoms with van der Waals surface area (Å²) in [5, 5.41) is 0. The van der Waals surface area contributed by atoms with Crippen LogP contribution in [0.2, 0.25) is 0 Å². The highest BCUT2D eigenvalue weighted by Crippen LogP contribution is 2.36. The number of hydrogen-bond donors (Lipinski definition) is 1. The highest BCUT2D eigenvalue weighted by molar-refractivity contribution is 7.05. The zero-order chi connectivity index (χ0) is 10.0. The van der Waals surface area contributed by atoms with Crippen molar-refractivity contribution < 1.29 is 0 Å². The number of nitrogens with zero attached hydrogens (tertiary/aromatic N) is 1. The van der Waals surface area contributed by atoms with E-state index in [-0.39, 0.29) is 5.54 Å². The Balaban J connectivity index is 2.15. The van der Waals surface area contributed by atoms with Gasteiger partial charge in [0, 0.05) is 11.1 Å². The van der Waals surface area contributed by atoms with Gasteiger partial charge in [0.05, 0.1) is 5.54 Å². The third kappa shape index (κ3) is 1.98. The molecule has 1 saturated carbocycles. The summed E-state index contributed by atoms with van der Waals surface area (Å²) < 4.78 is 4.15. The number of nitrogens with two attached hydrogens (primary N) is 1. The Kier molecular flexibility index (Phi) is 2.88. The summed E-state index contributed by atoms with van der Waals surface area (Å²) in [4.78, 5) is 1.27. The van der Waals surface area contributed by atoms with Crippen molar-refractivity contribution in [1.29, 1.82) is 0 Å². The summed E-state index contributed by atoms with van der Waals surface area (Å²) in [7, 11) is 0. The average Bonchev–Trinajstić information content (AvgIpc) is 2.63. The normalized spacial score (nSPS) is 34.0. The topological polar surface area (TPSA) is 38.9 Å². The first kappa shape index (κ1) is 10.1. The van der Waals surface area contributed by atoms with Crippen molar-refractivity contribution in [1.82, 2.24) is 4.37 Å². The fourth-order valence-electron chi connectivity index (χ4n) is 2.26. The molecule has 1 fully saturated rings. The Morgan fingerprint density at radius 2 is 2.36 bits per heavy atom. The lowest BCUT2D eigenvalue weighted by molar-refractivity contribution is 0.385. The van der Waals surface area contributed by atoms with E-state index < -0.39 is 0 Å². The van der Waals surface area contributed by atoms with Crippen molar-refractivity contribution in [3.05, 3.63) is 17.1 Å². The van der Waals surface area contributed by atoms with E-state index in [0.29, 0.717) is 0 Å². The molecule has 0 radical (unpaired) electrons. The fourth-order valence-corrected chi connectivity index (χ4v) is 3.00. The average molecular weight is 210 g/mol. The van der Waals surface area contributed by atoms with Crippen LogP contribution in [0.3, 0.4) is 0 Å². The minimum atomic E-state index is -0.0775. The second-order valence-electron chi connectivity index (χ2n) is 4.57. The molecule has 0 amide bonds. The number of hydrogen-bond acceptors (Lipinski definition) is 3. The fraction of sp³-hybridized carbons (Fsp3) is 0.727. The quantitative estimate of drug-likeness (QED) is 0.724.